The maximum atomic E-state index is 13.6. The van der Waals surface area contributed by atoms with Crippen LogP contribution in [-0.2, 0) is 13.0 Å². The molecule has 0 atom stereocenters. The van der Waals surface area contributed by atoms with Crippen LogP contribution in [0.25, 0.3) is 11.0 Å². The van der Waals surface area contributed by atoms with Gasteiger partial charge < -0.3 is 10.2 Å². The first-order chi connectivity index (χ1) is 7.69. The van der Waals surface area contributed by atoms with Gasteiger partial charge in [-0.15, -0.1) is 0 Å². The largest absolute Gasteiger partial charge is 0.456 e. The number of aryl methyl sites for hydroxylation is 1. The van der Waals surface area contributed by atoms with Crippen molar-refractivity contribution in [1.82, 2.24) is 0 Å². The molecule has 0 aliphatic heterocycles. The highest BCUT2D eigenvalue weighted by molar-refractivity contribution is 5.83. The fraction of sp³-hybridized carbons (Fsp3) is 0.333. The number of furan rings is 1. The number of nitrogens with two attached hydrogens (primary N) is 1. The summed E-state index contributed by atoms with van der Waals surface area (Å²) in [7, 11) is 0. The maximum absolute atomic E-state index is 13.6. The molecule has 1 aromatic carbocycles. The van der Waals surface area contributed by atoms with E-state index in [1.165, 1.54) is 0 Å². The minimum atomic E-state index is -0.548. The van der Waals surface area contributed by atoms with Gasteiger partial charge in [0, 0.05) is 5.56 Å². The molecule has 1 heterocycles. The summed E-state index contributed by atoms with van der Waals surface area (Å²) in [5.74, 6) is -0.530. The van der Waals surface area contributed by atoms with E-state index >= 15 is 0 Å². The predicted octanol–water partition coefficient (Wildman–Crippen LogP) is 3.12. The van der Waals surface area contributed by atoms with Gasteiger partial charge in [0.2, 0.25) is 0 Å². The molecule has 0 saturated carbocycles. The molecule has 0 spiro atoms. The van der Waals surface area contributed by atoms with Gasteiger partial charge in [-0.2, -0.15) is 0 Å². The molecule has 2 nitrogen and oxygen atoms in total. The molecule has 0 radical (unpaired) electrons. The smallest absolute Gasteiger partial charge is 0.173 e. The van der Waals surface area contributed by atoms with Crippen LogP contribution in [0.5, 0.6) is 0 Å². The molecule has 4 heteroatoms. The quantitative estimate of drug-likeness (QED) is 0.871. The summed E-state index contributed by atoms with van der Waals surface area (Å²) in [6.45, 7) is 2.12. The number of hydrogen-bond acceptors (Lipinski definition) is 2. The molecule has 0 amide bonds. The van der Waals surface area contributed by atoms with Gasteiger partial charge in [-0.1, -0.05) is 13.3 Å². The van der Waals surface area contributed by atoms with E-state index in [0.717, 1.165) is 18.6 Å². The number of benzene rings is 1. The van der Waals surface area contributed by atoms with E-state index in [0.29, 0.717) is 17.7 Å². The zero-order valence-corrected chi connectivity index (χ0v) is 9.02. The van der Waals surface area contributed by atoms with Crippen LogP contribution in [0.4, 0.5) is 8.78 Å². The third-order valence-electron chi connectivity index (χ3n) is 2.61. The van der Waals surface area contributed by atoms with E-state index in [1.54, 1.807) is 0 Å². The molecule has 2 aromatic rings. The molecule has 2 rings (SSSR count). The van der Waals surface area contributed by atoms with Crippen LogP contribution in [0.1, 0.15) is 24.7 Å². The number of fused-ring (bicyclic) bond motifs is 1. The first kappa shape index (κ1) is 11.1. The average Bonchev–Trinajstić information content (AvgIpc) is 2.64. The predicted molar refractivity (Wildman–Crippen MR) is 58.0 cm³/mol. The van der Waals surface area contributed by atoms with E-state index in [4.69, 9.17) is 10.2 Å². The number of halogens is 2. The van der Waals surface area contributed by atoms with Gasteiger partial charge in [0.05, 0.1) is 11.9 Å². The Labute approximate surface area is 92.0 Å². The summed E-state index contributed by atoms with van der Waals surface area (Å²) in [5.41, 5.74) is 6.17. The molecule has 2 N–H and O–H groups in total. The molecule has 0 aliphatic rings. The third-order valence-corrected chi connectivity index (χ3v) is 2.61. The second-order valence-electron chi connectivity index (χ2n) is 3.69. The molecule has 1 aromatic heterocycles. The number of rotatable bonds is 3. The summed E-state index contributed by atoms with van der Waals surface area (Å²) in [4.78, 5) is 0. The highest BCUT2D eigenvalue weighted by atomic mass is 19.1. The van der Waals surface area contributed by atoms with Crippen LogP contribution in [0.2, 0.25) is 0 Å². The Kier molecular flexibility index (Phi) is 2.92. The zero-order valence-electron chi connectivity index (χ0n) is 9.02. The van der Waals surface area contributed by atoms with Crippen molar-refractivity contribution in [2.24, 2.45) is 5.73 Å². The second kappa shape index (κ2) is 4.22. The first-order valence-electron chi connectivity index (χ1n) is 5.27. The summed E-state index contributed by atoms with van der Waals surface area (Å²) in [6, 6.07) is 2.18. The third kappa shape index (κ3) is 1.59. The van der Waals surface area contributed by atoms with Crippen molar-refractivity contribution in [3.8, 4) is 0 Å². The van der Waals surface area contributed by atoms with Gasteiger partial charge in [-0.3, -0.25) is 0 Å². The van der Waals surface area contributed by atoms with E-state index in [9.17, 15) is 8.78 Å². The Bertz CT molecular complexity index is 519. The lowest BCUT2D eigenvalue weighted by molar-refractivity contribution is 0.515. The summed E-state index contributed by atoms with van der Waals surface area (Å²) < 4.78 is 32.3. The van der Waals surface area contributed by atoms with Gasteiger partial charge in [0.25, 0.3) is 0 Å². The van der Waals surface area contributed by atoms with E-state index in [2.05, 4.69) is 0 Å². The average molecular weight is 225 g/mol. The fourth-order valence-electron chi connectivity index (χ4n) is 1.92. The Hall–Kier alpha value is -1.42. The van der Waals surface area contributed by atoms with Crippen LogP contribution in [0.3, 0.4) is 0 Å². The lowest BCUT2D eigenvalue weighted by Gasteiger charge is -1.98. The summed E-state index contributed by atoms with van der Waals surface area (Å²) in [5, 5.41) is 0.238. The standard InChI is InChI=1S/C12H13F2NO/c1-2-3-7-10(6-15)16-12-9(14)5-4-8(13)11(7)12/h4-5H,2-3,6,15H2,1H3. The van der Waals surface area contributed by atoms with E-state index in [-0.39, 0.29) is 17.5 Å². The Balaban J connectivity index is 2.78. The first-order valence-corrected chi connectivity index (χ1v) is 5.27. The van der Waals surface area contributed by atoms with Crippen LogP contribution in [0.15, 0.2) is 16.5 Å². The van der Waals surface area contributed by atoms with E-state index < -0.39 is 11.6 Å². The van der Waals surface area contributed by atoms with Gasteiger partial charge in [-0.05, 0) is 18.6 Å². The van der Waals surface area contributed by atoms with Crippen LogP contribution >= 0.6 is 0 Å². The molecule has 0 saturated heterocycles. The molecule has 0 unspecified atom stereocenters. The molecular formula is C12H13F2NO. The topological polar surface area (TPSA) is 39.2 Å². The SMILES string of the molecule is CCCc1c(CN)oc2c(F)ccc(F)c12. The van der Waals surface area contributed by atoms with Crippen molar-refractivity contribution >= 4 is 11.0 Å². The minimum Gasteiger partial charge on any atom is -0.456 e. The summed E-state index contributed by atoms with van der Waals surface area (Å²) in [6.07, 6.45) is 1.47. The van der Waals surface area contributed by atoms with Gasteiger partial charge in [0.15, 0.2) is 11.4 Å². The van der Waals surface area contributed by atoms with Crippen LogP contribution in [0, 0.1) is 11.6 Å². The van der Waals surface area contributed by atoms with Crippen molar-refractivity contribution in [3.05, 3.63) is 35.1 Å². The summed E-state index contributed by atoms with van der Waals surface area (Å²) >= 11 is 0. The van der Waals surface area contributed by atoms with E-state index in [1.807, 2.05) is 6.92 Å². The zero-order chi connectivity index (χ0) is 11.7. The van der Waals surface area contributed by atoms with Crippen LogP contribution < -0.4 is 5.73 Å². The van der Waals surface area contributed by atoms with Crippen molar-refractivity contribution in [1.29, 1.82) is 0 Å². The van der Waals surface area contributed by atoms with Crippen molar-refractivity contribution in [3.63, 3.8) is 0 Å². The highest BCUT2D eigenvalue weighted by Gasteiger charge is 2.18. The lowest BCUT2D eigenvalue weighted by Crippen LogP contribution is -1.98. The molecule has 0 aliphatic carbocycles. The van der Waals surface area contributed by atoms with Gasteiger partial charge in [-0.25, -0.2) is 8.78 Å². The highest BCUT2D eigenvalue weighted by Crippen LogP contribution is 2.31. The second-order valence-corrected chi connectivity index (χ2v) is 3.69. The van der Waals surface area contributed by atoms with Gasteiger partial charge >= 0.3 is 0 Å². The van der Waals surface area contributed by atoms with Crippen LogP contribution in [-0.4, -0.2) is 0 Å². The lowest BCUT2D eigenvalue weighted by atomic mass is 10.1. The normalized spacial score (nSPS) is 11.2. The molecular weight excluding hydrogens is 212 g/mol. The monoisotopic (exact) mass is 225 g/mol. The molecule has 0 fully saturated rings. The maximum Gasteiger partial charge on any atom is 0.173 e. The van der Waals surface area contributed by atoms with Crippen molar-refractivity contribution in [2.45, 2.75) is 26.3 Å². The van der Waals surface area contributed by atoms with Crippen molar-refractivity contribution < 1.29 is 13.2 Å². The van der Waals surface area contributed by atoms with Gasteiger partial charge in [0.1, 0.15) is 11.6 Å². The Morgan fingerprint density at radius 3 is 2.56 bits per heavy atom. The molecule has 16 heavy (non-hydrogen) atoms. The Morgan fingerprint density at radius 1 is 1.25 bits per heavy atom. The minimum absolute atomic E-state index is 0.0242. The Morgan fingerprint density at radius 2 is 1.94 bits per heavy atom. The molecule has 0 bridgehead atoms. The number of hydrogen-bond donors (Lipinski definition) is 1. The van der Waals surface area contributed by atoms with Crippen molar-refractivity contribution in [2.75, 3.05) is 0 Å². The molecule has 86 valence electrons. The fourth-order valence-corrected chi connectivity index (χ4v) is 1.92.